The molecule has 1 heterocycles. The van der Waals surface area contributed by atoms with E-state index in [1.165, 1.54) is 22.9 Å². The van der Waals surface area contributed by atoms with Crippen LogP contribution in [-0.2, 0) is 10.3 Å². The van der Waals surface area contributed by atoms with Crippen LogP contribution in [0.15, 0.2) is 28.7 Å². The molecule has 2 nitrogen and oxygen atoms in total. The molecule has 0 radical (unpaired) electrons. The highest BCUT2D eigenvalue weighted by Crippen LogP contribution is 2.53. The molecule has 0 N–H and O–H groups in total. The van der Waals surface area contributed by atoms with E-state index in [4.69, 9.17) is 0 Å². The molecule has 1 aliphatic heterocycles. The third-order valence-electron chi connectivity index (χ3n) is 4.03. The maximum atomic E-state index is 11.3. The number of carbonyl (C=O) groups is 1. The average Bonchev–Trinajstić information content (AvgIpc) is 3.12. The number of hydrogen-bond acceptors (Lipinski definition) is 2. The first kappa shape index (κ1) is 11.4. The largest absolute Gasteiger partial charge is 0.300 e. The molecule has 2 aliphatic rings. The van der Waals surface area contributed by atoms with Gasteiger partial charge in [-0.25, -0.2) is 0 Å². The monoisotopic (exact) mass is 293 g/mol. The van der Waals surface area contributed by atoms with E-state index in [1.54, 1.807) is 0 Å². The van der Waals surface area contributed by atoms with Crippen LogP contribution in [0.5, 0.6) is 0 Å². The number of benzene rings is 1. The average molecular weight is 294 g/mol. The summed E-state index contributed by atoms with van der Waals surface area (Å²) < 4.78 is 1.20. The summed E-state index contributed by atoms with van der Waals surface area (Å²) in [6.07, 6.45) is 3.91. The van der Waals surface area contributed by atoms with E-state index in [2.05, 4.69) is 45.1 Å². The summed E-state index contributed by atoms with van der Waals surface area (Å²) in [6.45, 7) is 1.86. The fourth-order valence-electron chi connectivity index (χ4n) is 2.90. The fourth-order valence-corrected chi connectivity index (χ4v) is 3.55. The lowest BCUT2D eigenvalue weighted by atomic mass is 9.99. The zero-order valence-corrected chi connectivity index (χ0v) is 11.4. The van der Waals surface area contributed by atoms with E-state index in [-0.39, 0.29) is 5.54 Å². The third-order valence-corrected chi connectivity index (χ3v) is 4.72. The molecule has 3 heteroatoms. The molecule has 1 aromatic carbocycles. The lowest BCUT2D eigenvalue weighted by molar-refractivity contribution is -0.122. The summed E-state index contributed by atoms with van der Waals surface area (Å²) in [4.78, 5) is 13.8. The minimum absolute atomic E-state index is 0.223. The van der Waals surface area contributed by atoms with Crippen LogP contribution in [0.3, 0.4) is 0 Å². The number of rotatable bonds is 2. The Morgan fingerprint density at radius 2 is 1.76 bits per heavy atom. The first-order valence-corrected chi connectivity index (χ1v) is 7.03. The Morgan fingerprint density at radius 1 is 1.12 bits per heavy atom. The summed E-state index contributed by atoms with van der Waals surface area (Å²) in [5.74, 6) is 0.421. The summed E-state index contributed by atoms with van der Waals surface area (Å²) >= 11 is 3.66. The van der Waals surface area contributed by atoms with Gasteiger partial charge in [-0.15, -0.1) is 0 Å². The molecule has 1 saturated heterocycles. The maximum Gasteiger partial charge on any atom is 0.135 e. The van der Waals surface area contributed by atoms with E-state index in [9.17, 15) is 4.79 Å². The van der Waals surface area contributed by atoms with Gasteiger partial charge in [0, 0.05) is 35.9 Å². The molecule has 0 amide bonds. The van der Waals surface area contributed by atoms with Gasteiger partial charge in [0.25, 0.3) is 0 Å². The molecule has 17 heavy (non-hydrogen) atoms. The number of piperidine rings is 1. The van der Waals surface area contributed by atoms with Crippen molar-refractivity contribution in [3.05, 3.63) is 34.3 Å². The van der Waals surface area contributed by atoms with Crippen molar-refractivity contribution in [2.24, 2.45) is 0 Å². The summed E-state index contributed by atoms with van der Waals surface area (Å²) in [6, 6.07) is 8.50. The van der Waals surface area contributed by atoms with Crippen LogP contribution in [0.1, 0.15) is 31.2 Å². The van der Waals surface area contributed by atoms with Gasteiger partial charge in [-0.05, 0) is 24.5 Å². The van der Waals surface area contributed by atoms with Crippen LogP contribution in [0.4, 0.5) is 0 Å². The molecule has 90 valence electrons. The first-order chi connectivity index (χ1) is 8.22. The van der Waals surface area contributed by atoms with Crippen LogP contribution in [0, 0.1) is 0 Å². The normalized spacial score (nSPS) is 23.7. The topological polar surface area (TPSA) is 20.3 Å². The van der Waals surface area contributed by atoms with Crippen molar-refractivity contribution < 1.29 is 4.79 Å². The Bertz CT molecular complexity index is 443. The highest BCUT2D eigenvalue weighted by Gasteiger charge is 2.50. The Balaban J connectivity index is 1.87. The van der Waals surface area contributed by atoms with Crippen LogP contribution in [0.25, 0.3) is 0 Å². The second-order valence-electron chi connectivity index (χ2n) is 5.04. The number of ketones is 1. The Morgan fingerprint density at radius 3 is 2.35 bits per heavy atom. The number of halogens is 1. The van der Waals surface area contributed by atoms with Crippen molar-refractivity contribution in [3.8, 4) is 0 Å². The lowest BCUT2D eigenvalue weighted by Gasteiger charge is -2.35. The predicted molar refractivity (Wildman–Crippen MR) is 70.9 cm³/mol. The Kier molecular flexibility index (Phi) is 2.83. The van der Waals surface area contributed by atoms with Gasteiger partial charge in [0.1, 0.15) is 5.78 Å². The maximum absolute atomic E-state index is 11.3. The summed E-state index contributed by atoms with van der Waals surface area (Å²) in [5, 5.41) is 0. The Labute approximate surface area is 110 Å². The molecule has 2 fully saturated rings. The van der Waals surface area contributed by atoms with Crippen molar-refractivity contribution in [2.45, 2.75) is 31.2 Å². The van der Waals surface area contributed by atoms with Gasteiger partial charge in [-0.2, -0.15) is 0 Å². The highest BCUT2D eigenvalue weighted by molar-refractivity contribution is 9.10. The minimum Gasteiger partial charge on any atom is -0.300 e. The van der Waals surface area contributed by atoms with Gasteiger partial charge in [-0.3, -0.25) is 9.69 Å². The van der Waals surface area contributed by atoms with E-state index in [0.29, 0.717) is 5.78 Å². The van der Waals surface area contributed by atoms with Crippen molar-refractivity contribution in [1.82, 2.24) is 4.90 Å². The Hall–Kier alpha value is -0.670. The molecular weight excluding hydrogens is 278 g/mol. The van der Waals surface area contributed by atoms with Crippen LogP contribution >= 0.6 is 15.9 Å². The highest BCUT2D eigenvalue weighted by atomic mass is 79.9. The molecule has 0 spiro atoms. The first-order valence-electron chi connectivity index (χ1n) is 6.24. The van der Waals surface area contributed by atoms with Crippen LogP contribution in [-0.4, -0.2) is 23.8 Å². The third kappa shape index (κ3) is 1.95. The zero-order valence-electron chi connectivity index (χ0n) is 9.79. The smallest absolute Gasteiger partial charge is 0.135 e. The number of Topliss-reactive ketones (excluding diaryl/α,β-unsaturated/α-hetero) is 1. The van der Waals surface area contributed by atoms with Gasteiger partial charge < -0.3 is 0 Å². The van der Waals surface area contributed by atoms with E-state index < -0.39 is 0 Å². The van der Waals surface area contributed by atoms with Gasteiger partial charge in [0.05, 0.1) is 0 Å². The van der Waals surface area contributed by atoms with Crippen molar-refractivity contribution in [3.63, 3.8) is 0 Å². The molecule has 0 bridgehead atoms. The molecule has 1 aromatic rings. The van der Waals surface area contributed by atoms with Crippen molar-refractivity contribution in [1.29, 1.82) is 0 Å². The number of likely N-dealkylation sites (tertiary alicyclic amines) is 1. The molecular formula is C14H16BrNO. The summed E-state index contributed by atoms with van der Waals surface area (Å²) in [7, 11) is 0. The van der Waals surface area contributed by atoms with Gasteiger partial charge in [-0.1, -0.05) is 34.1 Å². The van der Waals surface area contributed by atoms with E-state index in [1.807, 2.05) is 0 Å². The van der Waals surface area contributed by atoms with Gasteiger partial charge in [0.15, 0.2) is 0 Å². The molecule has 0 aromatic heterocycles. The van der Waals surface area contributed by atoms with Gasteiger partial charge >= 0.3 is 0 Å². The SMILES string of the molecule is O=C1CCN(C2(c3ccccc3Br)CC2)CC1. The second-order valence-corrected chi connectivity index (χ2v) is 5.89. The quantitative estimate of drug-likeness (QED) is 0.835. The fraction of sp³-hybridized carbons (Fsp3) is 0.500. The predicted octanol–water partition coefficient (Wildman–Crippen LogP) is 3.10. The lowest BCUT2D eigenvalue weighted by Crippen LogP contribution is -2.41. The van der Waals surface area contributed by atoms with Crippen molar-refractivity contribution in [2.75, 3.05) is 13.1 Å². The molecule has 0 atom stereocenters. The number of carbonyl (C=O) groups excluding carboxylic acids is 1. The van der Waals surface area contributed by atoms with Crippen LogP contribution < -0.4 is 0 Å². The zero-order chi connectivity index (χ0) is 11.9. The van der Waals surface area contributed by atoms with Gasteiger partial charge in [0.2, 0.25) is 0 Å². The molecule has 3 rings (SSSR count). The number of nitrogens with zero attached hydrogens (tertiary/aromatic N) is 1. The molecule has 0 unspecified atom stereocenters. The molecule has 1 aliphatic carbocycles. The van der Waals surface area contributed by atoms with Crippen LogP contribution in [0.2, 0.25) is 0 Å². The van der Waals surface area contributed by atoms with E-state index in [0.717, 1.165) is 25.9 Å². The number of hydrogen-bond donors (Lipinski definition) is 0. The molecule has 1 saturated carbocycles. The van der Waals surface area contributed by atoms with Crippen molar-refractivity contribution >= 4 is 21.7 Å². The second kappa shape index (κ2) is 4.21. The minimum atomic E-state index is 0.223. The standard InChI is InChI=1S/C14H16BrNO/c15-13-4-2-1-3-12(13)14(7-8-14)16-9-5-11(17)6-10-16/h1-4H,5-10H2. The summed E-state index contributed by atoms with van der Waals surface area (Å²) in [5.41, 5.74) is 1.62. The van der Waals surface area contributed by atoms with E-state index >= 15 is 0 Å².